The second kappa shape index (κ2) is 8.17. The maximum absolute atomic E-state index is 12.1. The molecular formula is C16H15N3O6S. The van der Waals surface area contributed by atoms with Crippen molar-refractivity contribution in [1.82, 2.24) is 0 Å². The molecule has 0 bridgehead atoms. The number of hydrogen-bond acceptors (Lipinski definition) is 7. The zero-order valence-electron chi connectivity index (χ0n) is 13.7. The van der Waals surface area contributed by atoms with Crippen LogP contribution in [0.2, 0.25) is 0 Å². The van der Waals surface area contributed by atoms with Crippen molar-refractivity contribution in [2.75, 3.05) is 24.2 Å². The summed E-state index contributed by atoms with van der Waals surface area (Å²) in [7, 11) is -2.27. The third-order valence-electron chi connectivity index (χ3n) is 3.28. The number of hydrogen-bond donors (Lipinski definition) is 1. The standard InChI is InChI=1S/C16H15N3O6S/c1-24-14-3-5-15(6-4-14)25-8-9-26(22,23)18-16-7-2-13(19(20)21)10-12(16)11-17/h2-7,10,18H,8-9H2,1H3. The van der Waals surface area contributed by atoms with Gasteiger partial charge in [-0.1, -0.05) is 0 Å². The number of anilines is 1. The van der Waals surface area contributed by atoms with E-state index in [-0.39, 0.29) is 29.3 Å². The molecule has 2 aromatic carbocycles. The summed E-state index contributed by atoms with van der Waals surface area (Å²) >= 11 is 0. The SMILES string of the molecule is COc1ccc(OCCS(=O)(=O)Nc2ccc([N+](=O)[O-])cc2C#N)cc1. The summed E-state index contributed by atoms with van der Waals surface area (Å²) in [6.45, 7) is -0.115. The minimum absolute atomic E-state index is 0.0254. The summed E-state index contributed by atoms with van der Waals surface area (Å²) in [6, 6.07) is 11.7. The van der Waals surface area contributed by atoms with Crippen LogP contribution in [0.25, 0.3) is 0 Å². The van der Waals surface area contributed by atoms with Gasteiger partial charge in [-0.3, -0.25) is 14.8 Å². The predicted molar refractivity (Wildman–Crippen MR) is 93.7 cm³/mol. The van der Waals surface area contributed by atoms with Gasteiger partial charge in [0, 0.05) is 12.1 Å². The molecule has 0 spiro atoms. The van der Waals surface area contributed by atoms with Crippen molar-refractivity contribution in [1.29, 1.82) is 5.26 Å². The molecule has 0 saturated carbocycles. The maximum Gasteiger partial charge on any atom is 0.270 e. The molecule has 0 amide bonds. The van der Waals surface area contributed by atoms with Crippen molar-refractivity contribution in [2.24, 2.45) is 0 Å². The largest absolute Gasteiger partial charge is 0.497 e. The van der Waals surface area contributed by atoms with Gasteiger partial charge in [0.15, 0.2) is 0 Å². The van der Waals surface area contributed by atoms with Gasteiger partial charge in [-0.15, -0.1) is 0 Å². The lowest BCUT2D eigenvalue weighted by Crippen LogP contribution is -2.21. The minimum atomic E-state index is -3.80. The Balaban J connectivity index is 2.00. The van der Waals surface area contributed by atoms with E-state index >= 15 is 0 Å². The Morgan fingerprint density at radius 2 is 1.85 bits per heavy atom. The number of benzene rings is 2. The monoisotopic (exact) mass is 377 g/mol. The average molecular weight is 377 g/mol. The van der Waals surface area contributed by atoms with Crippen molar-refractivity contribution >= 4 is 21.4 Å². The molecule has 0 radical (unpaired) electrons. The van der Waals surface area contributed by atoms with Crippen molar-refractivity contribution in [3.63, 3.8) is 0 Å². The Morgan fingerprint density at radius 1 is 1.19 bits per heavy atom. The predicted octanol–water partition coefficient (Wildman–Crippen LogP) is 2.30. The Labute approximate surface area is 150 Å². The Bertz CT molecular complexity index is 935. The fourth-order valence-corrected chi connectivity index (χ4v) is 2.90. The quantitative estimate of drug-likeness (QED) is 0.551. The van der Waals surface area contributed by atoms with Gasteiger partial charge in [0.05, 0.1) is 23.3 Å². The third kappa shape index (κ3) is 5.09. The van der Waals surface area contributed by atoms with Crippen LogP contribution < -0.4 is 14.2 Å². The van der Waals surface area contributed by atoms with Crippen LogP contribution in [0.5, 0.6) is 11.5 Å². The number of nitrogens with one attached hydrogen (secondary N) is 1. The molecule has 136 valence electrons. The van der Waals surface area contributed by atoms with Gasteiger partial charge in [0.25, 0.3) is 5.69 Å². The van der Waals surface area contributed by atoms with Gasteiger partial charge in [-0.25, -0.2) is 8.42 Å². The highest BCUT2D eigenvalue weighted by molar-refractivity contribution is 7.92. The van der Waals surface area contributed by atoms with Crippen LogP contribution in [0.1, 0.15) is 5.56 Å². The van der Waals surface area contributed by atoms with Gasteiger partial charge >= 0.3 is 0 Å². The second-order valence-electron chi connectivity index (χ2n) is 5.04. The number of ether oxygens (including phenoxy) is 2. The van der Waals surface area contributed by atoms with E-state index in [4.69, 9.17) is 14.7 Å². The molecule has 9 nitrogen and oxygen atoms in total. The van der Waals surface area contributed by atoms with Crippen molar-refractivity contribution in [3.05, 3.63) is 58.1 Å². The van der Waals surface area contributed by atoms with Crippen LogP contribution in [0.15, 0.2) is 42.5 Å². The smallest absolute Gasteiger partial charge is 0.270 e. The summed E-state index contributed by atoms with van der Waals surface area (Å²) in [5, 5.41) is 19.8. The number of nitro benzene ring substituents is 1. The normalized spacial score (nSPS) is 10.6. The molecular weight excluding hydrogens is 362 g/mol. The molecule has 0 aromatic heterocycles. The van der Waals surface area contributed by atoms with E-state index in [1.165, 1.54) is 13.2 Å². The first-order chi connectivity index (χ1) is 12.3. The van der Waals surface area contributed by atoms with Crippen LogP contribution in [0.3, 0.4) is 0 Å². The van der Waals surface area contributed by atoms with Gasteiger partial charge in [0.1, 0.15) is 29.9 Å². The summed E-state index contributed by atoms with van der Waals surface area (Å²) in [6.07, 6.45) is 0. The van der Waals surface area contributed by atoms with Crippen LogP contribution in [-0.4, -0.2) is 32.8 Å². The van der Waals surface area contributed by atoms with Crippen molar-refractivity contribution < 1.29 is 22.8 Å². The molecule has 0 aliphatic rings. The van der Waals surface area contributed by atoms with Gasteiger partial charge in [0.2, 0.25) is 10.0 Å². The first-order valence-corrected chi connectivity index (χ1v) is 8.96. The van der Waals surface area contributed by atoms with Crippen LogP contribution in [0.4, 0.5) is 11.4 Å². The highest BCUT2D eigenvalue weighted by Crippen LogP contribution is 2.22. The van der Waals surface area contributed by atoms with E-state index in [9.17, 15) is 18.5 Å². The highest BCUT2D eigenvalue weighted by atomic mass is 32.2. The Kier molecular flexibility index (Phi) is 5.98. The van der Waals surface area contributed by atoms with E-state index in [1.54, 1.807) is 30.3 Å². The molecule has 26 heavy (non-hydrogen) atoms. The van der Waals surface area contributed by atoms with E-state index in [2.05, 4.69) is 4.72 Å². The molecule has 0 saturated heterocycles. The summed E-state index contributed by atoms with van der Waals surface area (Å²) in [5.74, 6) is 0.767. The van der Waals surface area contributed by atoms with Crippen LogP contribution in [-0.2, 0) is 10.0 Å². The Morgan fingerprint density at radius 3 is 2.42 bits per heavy atom. The van der Waals surface area contributed by atoms with E-state index in [0.29, 0.717) is 11.5 Å². The number of methoxy groups -OCH3 is 1. The van der Waals surface area contributed by atoms with Crippen molar-refractivity contribution in [3.8, 4) is 17.6 Å². The van der Waals surface area contributed by atoms with E-state index < -0.39 is 14.9 Å². The molecule has 0 heterocycles. The first-order valence-electron chi connectivity index (χ1n) is 7.30. The molecule has 10 heteroatoms. The number of nitriles is 1. The topological polar surface area (TPSA) is 132 Å². The molecule has 1 N–H and O–H groups in total. The molecule has 0 unspecified atom stereocenters. The van der Waals surface area contributed by atoms with Gasteiger partial charge < -0.3 is 9.47 Å². The van der Waals surface area contributed by atoms with Crippen molar-refractivity contribution in [2.45, 2.75) is 0 Å². The third-order valence-corrected chi connectivity index (χ3v) is 4.52. The molecule has 0 aliphatic carbocycles. The van der Waals surface area contributed by atoms with E-state index in [0.717, 1.165) is 12.1 Å². The maximum atomic E-state index is 12.1. The fourth-order valence-electron chi connectivity index (χ4n) is 1.99. The number of non-ortho nitro benzene ring substituents is 1. The number of sulfonamides is 1. The minimum Gasteiger partial charge on any atom is -0.497 e. The Hall–Kier alpha value is -3.32. The summed E-state index contributed by atoms with van der Waals surface area (Å²) in [5.41, 5.74) is -0.464. The summed E-state index contributed by atoms with van der Waals surface area (Å²) < 4.78 is 36.8. The summed E-state index contributed by atoms with van der Waals surface area (Å²) in [4.78, 5) is 10.1. The van der Waals surface area contributed by atoms with Gasteiger partial charge in [-0.05, 0) is 30.3 Å². The first kappa shape index (κ1) is 19.0. The van der Waals surface area contributed by atoms with E-state index in [1.807, 2.05) is 0 Å². The van der Waals surface area contributed by atoms with Crippen LogP contribution in [0, 0.1) is 21.4 Å². The molecule has 0 fully saturated rings. The molecule has 2 aromatic rings. The lowest BCUT2D eigenvalue weighted by molar-refractivity contribution is -0.384. The number of rotatable bonds is 8. The lowest BCUT2D eigenvalue weighted by atomic mass is 10.2. The molecule has 0 aliphatic heterocycles. The number of nitro groups is 1. The second-order valence-corrected chi connectivity index (χ2v) is 6.89. The lowest BCUT2D eigenvalue weighted by Gasteiger charge is -2.10. The zero-order chi connectivity index (χ0) is 19.2. The highest BCUT2D eigenvalue weighted by Gasteiger charge is 2.16. The van der Waals surface area contributed by atoms with Gasteiger partial charge in [-0.2, -0.15) is 5.26 Å². The average Bonchev–Trinajstić information content (AvgIpc) is 2.62. The molecule has 2 rings (SSSR count). The zero-order valence-corrected chi connectivity index (χ0v) is 14.5. The number of nitrogens with zero attached hydrogens (tertiary/aromatic N) is 2. The van der Waals surface area contributed by atoms with Crippen LogP contribution >= 0.6 is 0 Å². The molecule has 0 atom stereocenters. The fraction of sp³-hybridized carbons (Fsp3) is 0.188.